The van der Waals surface area contributed by atoms with Gasteiger partial charge in [0.25, 0.3) is 0 Å². The molecule has 0 saturated carbocycles. The van der Waals surface area contributed by atoms with Gasteiger partial charge in [0.2, 0.25) is 0 Å². The van der Waals surface area contributed by atoms with Gasteiger partial charge >= 0.3 is 0 Å². The third-order valence-electron chi connectivity index (χ3n) is 2.69. The Balaban J connectivity index is 2.27. The lowest BCUT2D eigenvalue weighted by Crippen LogP contribution is -2.36. The van der Waals surface area contributed by atoms with Gasteiger partial charge in [-0.3, -0.25) is 4.98 Å². The van der Waals surface area contributed by atoms with Gasteiger partial charge in [-0.2, -0.15) is 0 Å². The van der Waals surface area contributed by atoms with Crippen molar-refractivity contribution in [1.82, 2.24) is 9.97 Å². The minimum Gasteiger partial charge on any atom is -0.394 e. The third kappa shape index (κ3) is 2.60. The fourth-order valence-electron chi connectivity index (χ4n) is 1.66. The second-order valence-corrected chi connectivity index (χ2v) is 4.07. The van der Waals surface area contributed by atoms with E-state index in [0.717, 1.165) is 5.56 Å². The maximum atomic E-state index is 9.59. The highest BCUT2D eigenvalue weighted by Gasteiger charge is 2.25. The van der Waals surface area contributed by atoms with Gasteiger partial charge in [0, 0.05) is 12.4 Å². The molecule has 0 radical (unpaired) electrons. The van der Waals surface area contributed by atoms with Gasteiger partial charge in [-0.25, -0.2) is 4.98 Å². The van der Waals surface area contributed by atoms with Crippen molar-refractivity contribution in [2.45, 2.75) is 12.5 Å². The van der Waals surface area contributed by atoms with E-state index in [1.54, 1.807) is 18.6 Å². The van der Waals surface area contributed by atoms with Crippen molar-refractivity contribution in [3.8, 4) is 0 Å². The Hall–Kier alpha value is -1.94. The maximum Gasteiger partial charge on any atom is 0.145 e. The molecule has 1 unspecified atom stereocenters. The smallest absolute Gasteiger partial charge is 0.145 e. The average molecular weight is 229 g/mol. The highest BCUT2D eigenvalue weighted by atomic mass is 16.3. The number of aliphatic hydroxyl groups is 1. The van der Waals surface area contributed by atoms with Crippen LogP contribution < -0.4 is 5.32 Å². The molecule has 4 nitrogen and oxygen atoms in total. The van der Waals surface area contributed by atoms with Crippen molar-refractivity contribution in [2.75, 3.05) is 11.9 Å². The number of anilines is 1. The highest BCUT2D eigenvalue weighted by molar-refractivity contribution is 5.39. The van der Waals surface area contributed by atoms with Gasteiger partial charge in [0.15, 0.2) is 0 Å². The number of nitrogens with one attached hydrogen (secondary N) is 1. The second kappa shape index (κ2) is 4.93. The minimum atomic E-state index is -0.558. The molecule has 2 rings (SSSR count). The zero-order chi connectivity index (χ0) is 12.1. The topological polar surface area (TPSA) is 58.0 Å². The Morgan fingerprint density at radius 3 is 2.59 bits per heavy atom. The summed E-state index contributed by atoms with van der Waals surface area (Å²) in [5.74, 6) is 0.646. The molecule has 0 aliphatic carbocycles. The number of hydrogen-bond acceptors (Lipinski definition) is 4. The molecule has 1 atom stereocenters. The van der Waals surface area contributed by atoms with Crippen molar-refractivity contribution in [2.24, 2.45) is 0 Å². The van der Waals surface area contributed by atoms with Gasteiger partial charge < -0.3 is 10.4 Å². The zero-order valence-electron chi connectivity index (χ0n) is 9.67. The largest absolute Gasteiger partial charge is 0.394 e. The molecular weight excluding hydrogens is 214 g/mol. The first kappa shape index (κ1) is 11.5. The molecule has 0 spiro atoms. The van der Waals surface area contributed by atoms with Crippen LogP contribution in [0.15, 0.2) is 48.9 Å². The number of nitrogens with zero attached hydrogens (tertiary/aromatic N) is 2. The molecule has 0 aliphatic rings. The number of benzene rings is 1. The van der Waals surface area contributed by atoms with E-state index in [-0.39, 0.29) is 6.61 Å². The lowest BCUT2D eigenvalue weighted by Gasteiger charge is -2.29. The Kier molecular flexibility index (Phi) is 3.35. The van der Waals surface area contributed by atoms with Crippen LogP contribution in [0.2, 0.25) is 0 Å². The van der Waals surface area contributed by atoms with Crippen molar-refractivity contribution in [1.29, 1.82) is 0 Å². The summed E-state index contributed by atoms with van der Waals surface area (Å²) in [6.07, 6.45) is 4.87. The van der Waals surface area contributed by atoms with E-state index in [1.165, 1.54) is 0 Å². The number of aliphatic hydroxyl groups excluding tert-OH is 1. The molecule has 1 aromatic carbocycles. The van der Waals surface area contributed by atoms with E-state index in [4.69, 9.17) is 0 Å². The predicted molar refractivity (Wildman–Crippen MR) is 66.5 cm³/mol. The van der Waals surface area contributed by atoms with Crippen LogP contribution >= 0.6 is 0 Å². The SMILES string of the molecule is CC(CO)(Nc1cnccn1)c1ccccc1. The first-order chi connectivity index (χ1) is 8.24. The molecule has 0 bridgehead atoms. The lowest BCUT2D eigenvalue weighted by molar-refractivity contribution is 0.223. The number of rotatable bonds is 4. The quantitative estimate of drug-likeness (QED) is 0.839. The van der Waals surface area contributed by atoms with Crippen molar-refractivity contribution in [3.63, 3.8) is 0 Å². The normalized spacial score (nSPS) is 14.0. The van der Waals surface area contributed by atoms with Gasteiger partial charge in [-0.15, -0.1) is 0 Å². The first-order valence-corrected chi connectivity index (χ1v) is 5.45. The van der Waals surface area contributed by atoms with Crippen LogP contribution in [0.5, 0.6) is 0 Å². The molecule has 1 heterocycles. The standard InChI is InChI=1S/C13H15N3O/c1-13(10-17,11-5-3-2-4-6-11)16-12-9-14-7-8-15-12/h2-9,17H,10H2,1H3,(H,15,16). The fraction of sp³-hybridized carbons (Fsp3) is 0.231. The Morgan fingerprint density at radius 1 is 1.24 bits per heavy atom. The summed E-state index contributed by atoms with van der Waals surface area (Å²) in [4.78, 5) is 8.14. The van der Waals surface area contributed by atoms with E-state index in [2.05, 4.69) is 15.3 Å². The molecule has 0 saturated heterocycles. The molecule has 88 valence electrons. The van der Waals surface area contributed by atoms with E-state index >= 15 is 0 Å². The van der Waals surface area contributed by atoms with Crippen molar-refractivity contribution in [3.05, 3.63) is 54.5 Å². The molecule has 17 heavy (non-hydrogen) atoms. The minimum absolute atomic E-state index is 0.0203. The Morgan fingerprint density at radius 2 is 2.00 bits per heavy atom. The summed E-state index contributed by atoms with van der Waals surface area (Å²) in [5.41, 5.74) is 0.449. The summed E-state index contributed by atoms with van der Waals surface area (Å²) in [7, 11) is 0. The molecule has 2 aromatic rings. The van der Waals surface area contributed by atoms with Crippen molar-refractivity contribution >= 4 is 5.82 Å². The summed E-state index contributed by atoms with van der Waals surface area (Å²) >= 11 is 0. The monoisotopic (exact) mass is 229 g/mol. The highest BCUT2D eigenvalue weighted by Crippen LogP contribution is 2.24. The van der Waals surface area contributed by atoms with Gasteiger partial charge in [0.1, 0.15) is 5.82 Å². The average Bonchev–Trinajstić information content (AvgIpc) is 2.41. The maximum absolute atomic E-state index is 9.59. The summed E-state index contributed by atoms with van der Waals surface area (Å²) in [5, 5.41) is 12.8. The predicted octanol–water partition coefficient (Wildman–Crippen LogP) is 1.80. The van der Waals surface area contributed by atoms with Crippen LogP contribution in [0.4, 0.5) is 5.82 Å². The fourth-order valence-corrected chi connectivity index (χ4v) is 1.66. The van der Waals surface area contributed by atoms with E-state index < -0.39 is 5.54 Å². The van der Waals surface area contributed by atoms with Crippen molar-refractivity contribution < 1.29 is 5.11 Å². The summed E-state index contributed by atoms with van der Waals surface area (Å²) in [6.45, 7) is 1.91. The first-order valence-electron chi connectivity index (χ1n) is 5.45. The van der Waals surface area contributed by atoms with E-state index in [0.29, 0.717) is 5.82 Å². The second-order valence-electron chi connectivity index (χ2n) is 4.07. The van der Waals surface area contributed by atoms with Gasteiger partial charge in [0.05, 0.1) is 18.3 Å². The van der Waals surface area contributed by atoms with Gasteiger partial charge in [-0.05, 0) is 12.5 Å². The number of hydrogen-bond donors (Lipinski definition) is 2. The van der Waals surface area contributed by atoms with E-state index in [9.17, 15) is 5.11 Å². The van der Waals surface area contributed by atoms with Crippen LogP contribution in [-0.2, 0) is 5.54 Å². The molecule has 0 aliphatic heterocycles. The van der Waals surface area contributed by atoms with Crippen LogP contribution in [0.25, 0.3) is 0 Å². The van der Waals surface area contributed by atoms with Crippen LogP contribution in [-0.4, -0.2) is 21.7 Å². The Labute approximate surface area is 100 Å². The summed E-state index contributed by atoms with van der Waals surface area (Å²) < 4.78 is 0. The molecule has 0 amide bonds. The summed E-state index contributed by atoms with van der Waals surface area (Å²) in [6, 6.07) is 9.78. The Bertz CT molecular complexity index is 461. The van der Waals surface area contributed by atoms with Crippen LogP contribution in [0.1, 0.15) is 12.5 Å². The van der Waals surface area contributed by atoms with Crippen LogP contribution in [0, 0.1) is 0 Å². The van der Waals surface area contributed by atoms with E-state index in [1.807, 2.05) is 37.3 Å². The third-order valence-corrected chi connectivity index (χ3v) is 2.69. The number of aromatic nitrogens is 2. The van der Waals surface area contributed by atoms with Gasteiger partial charge in [-0.1, -0.05) is 30.3 Å². The molecule has 2 N–H and O–H groups in total. The molecule has 4 heteroatoms. The lowest BCUT2D eigenvalue weighted by atomic mass is 9.93. The molecule has 1 aromatic heterocycles. The zero-order valence-corrected chi connectivity index (χ0v) is 9.67. The molecular formula is C13H15N3O. The van der Waals surface area contributed by atoms with Crippen LogP contribution in [0.3, 0.4) is 0 Å². The molecule has 0 fully saturated rings.